The van der Waals surface area contributed by atoms with Gasteiger partial charge < -0.3 is 10.6 Å². The van der Waals surface area contributed by atoms with E-state index >= 15 is 0 Å². The third kappa shape index (κ3) is 2.57. The van der Waals surface area contributed by atoms with Gasteiger partial charge in [0.1, 0.15) is 0 Å². The fourth-order valence-corrected chi connectivity index (χ4v) is 3.37. The molecule has 0 spiro atoms. The lowest BCUT2D eigenvalue weighted by molar-refractivity contribution is -0.115. The standard InChI is InChI=1S/C17H14N4OS/c1-10-4-2-3-5-13(10)20-17-18-7-11-6-15(22)19-14-9-23-8-12(14)16(11)21-17/h2-5,7-9H,6H2,1H3,(H,19,22)(H,18,20,21). The van der Waals surface area contributed by atoms with Crippen LogP contribution in [0.25, 0.3) is 11.3 Å². The SMILES string of the molecule is Cc1ccccc1Nc1ncc2c(n1)-c1cscc1NC(=O)C2. The summed E-state index contributed by atoms with van der Waals surface area (Å²) in [7, 11) is 0. The van der Waals surface area contributed by atoms with E-state index in [0.717, 1.165) is 33.8 Å². The van der Waals surface area contributed by atoms with Crippen molar-refractivity contribution in [3.8, 4) is 11.3 Å². The number of fused-ring (bicyclic) bond motifs is 3. The van der Waals surface area contributed by atoms with Crippen LogP contribution in [0.1, 0.15) is 11.1 Å². The topological polar surface area (TPSA) is 66.9 Å². The van der Waals surface area contributed by atoms with Crippen LogP contribution in [-0.4, -0.2) is 15.9 Å². The molecule has 5 nitrogen and oxygen atoms in total. The van der Waals surface area contributed by atoms with Crippen LogP contribution in [0, 0.1) is 6.92 Å². The number of para-hydroxylation sites is 1. The Kier molecular flexibility index (Phi) is 3.31. The highest BCUT2D eigenvalue weighted by molar-refractivity contribution is 7.08. The van der Waals surface area contributed by atoms with Crippen molar-refractivity contribution in [2.45, 2.75) is 13.3 Å². The third-order valence-electron chi connectivity index (χ3n) is 3.80. The molecule has 0 saturated heterocycles. The zero-order chi connectivity index (χ0) is 15.8. The first-order chi connectivity index (χ1) is 11.2. The third-order valence-corrected chi connectivity index (χ3v) is 4.54. The van der Waals surface area contributed by atoms with Gasteiger partial charge in [0.15, 0.2) is 0 Å². The van der Waals surface area contributed by atoms with Gasteiger partial charge in [-0.2, -0.15) is 0 Å². The number of nitrogens with one attached hydrogen (secondary N) is 2. The van der Waals surface area contributed by atoms with E-state index in [1.54, 1.807) is 17.5 Å². The number of amides is 1. The van der Waals surface area contributed by atoms with Crippen molar-refractivity contribution < 1.29 is 4.79 Å². The summed E-state index contributed by atoms with van der Waals surface area (Å²) in [5.74, 6) is 0.496. The molecule has 114 valence electrons. The molecule has 0 fully saturated rings. The molecule has 1 aliphatic rings. The van der Waals surface area contributed by atoms with Crippen molar-refractivity contribution in [2.75, 3.05) is 10.6 Å². The van der Waals surface area contributed by atoms with Crippen LogP contribution in [0.4, 0.5) is 17.3 Å². The highest BCUT2D eigenvalue weighted by atomic mass is 32.1. The molecule has 6 heteroatoms. The number of hydrogen-bond acceptors (Lipinski definition) is 5. The predicted molar refractivity (Wildman–Crippen MR) is 92.1 cm³/mol. The van der Waals surface area contributed by atoms with Crippen LogP contribution in [0.15, 0.2) is 41.2 Å². The first kappa shape index (κ1) is 13.9. The van der Waals surface area contributed by atoms with E-state index in [2.05, 4.69) is 20.6 Å². The van der Waals surface area contributed by atoms with E-state index in [4.69, 9.17) is 0 Å². The second kappa shape index (κ2) is 5.48. The Morgan fingerprint density at radius 2 is 2.13 bits per heavy atom. The van der Waals surface area contributed by atoms with Crippen molar-refractivity contribution in [1.82, 2.24) is 9.97 Å². The molecule has 0 radical (unpaired) electrons. The Morgan fingerprint density at radius 3 is 3.00 bits per heavy atom. The van der Waals surface area contributed by atoms with E-state index in [-0.39, 0.29) is 5.91 Å². The van der Waals surface area contributed by atoms with E-state index < -0.39 is 0 Å². The van der Waals surface area contributed by atoms with Gasteiger partial charge in [-0.3, -0.25) is 4.79 Å². The maximum atomic E-state index is 11.9. The number of aromatic nitrogens is 2. The first-order valence-electron chi connectivity index (χ1n) is 7.26. The largest absolute Gasteiger partial charge is 0.324 e. The maximum absolute atomic E-state index is 11.9. The summed E-state index contributed by atoms with van der Waals surface area (Å²) in [6.45, 7) is 2.03. The van der Waals surface area contributed by atoms with Gasteiger partial charge in [-0.05, 0) is 18.6 Å². The number of hydrogen-bond donors (Lipinski definition) is 2. The monoisotopic (exact) mass is 322 g/mol. The molecule has 3 aromatic rings. The molecule has 1 amide bonds. The number of thiophene rings is 1. The summed E-state index contributed by atoms with van der Waals surface area (Å²) in [6, 6.07) is 7.99. The van der Waals surface area contributed by atoms with Crippen LogP contribution < -0.4 is 10.6 Å². The second-order valence-electron chi connectivity index (χ2n) is 5.43. The molecule has 23 heavy (non-hydrogen) atoms. The predicted octanol–water partition coefficient (Wildman–Crippen LogP) is 3.75. The smallest absolute Gasteiger partial charge is 0.228 e. The molecule has 1 aromatic carbocycles. The van der Waals surface area contributed by atoms with Gasteiger partial charge in [0.2, 0.25) is 11.9 Å². The maximum Gasteiger partial charge on any atom is 0.228 e. The van der Waals surface area contributed by atoms with Crippen molar-refractivity contribution in [2.24, 2.45) is 0 Å². The lowest BCUT2D eigenvalue weighted by Gasteiger charge is -2.10. The van der Waals surface area contributed by atoms with Gasteiger partial charge in [0.25, 0.3) is 0 Å². The number of anilines is 3. The van der Waals surface area contributed by atoms with Gasteiger partial charge >= 0.3 is 0 Å². The molecule has 2 aromatic heterocycles. The summed E-state index contributed by atoms with van der Waals surface area (Å²) in [4.78, 5) is 21.0. The quantitative estimate of drug-likeness (QED) is 0.754. The molecule has 0 aliphatic carbocycles. The minimum Gasteiger partial charge on any atom is -0.324 e. The van der Waals surface area contributed by atoms with Gasteiger partial charge in [0, 0.05) is 33.8 Å². The minimum absolute atomic E-state index is 0.0355. The molecular weight excluding hydrogens is 308 g/mol. The molecule has 1 aliphatic heterocycles. The Morgan fingerprint density at radius 1 is 1.26 bits per heavy atom. The molecule has 2 N–H and O–H groups in total. The molecule has 0 saturated carbocycles. The van der Waals surface area contributed by atoms with Gasteiger partial charge in [-0.1, -0.05) is 18.2 Å². The molecule has 0 bridgehead atoms. The Labute approximate surface area is 137 Å². The van der Waals surface area contributed by atoms with Crippen molar-refractivity contribution in [1.29, 1.82) is 0 Å². The van der Waals surface area contributed by atoms with E-state index in [1.165, 1.54) is 0 Å². The van der Waals surface area contributed by atoms with Crippen LogP contribution in [0.3, 0.4) is 0 Å². The number of benzene rings is 1. The van der Waals surface area contributed by atoms with Crippen molar-refractivity contribution >= 4 is 34.6 Å². The summed E-state index contributed by atoms with van der Waals surface area (Å²) in [6.07, 6.45) is 2.02. The molecular formula is C17H14N4OS. The summed E-state index contributed by atoms with van der Waals surface area (Å²) in [5, 5.41) is 10.1. The van der Waals surface area contributed by atoms with Gasteiger partial charge in [-0.25, -0.2) is 9.97 Å². The minimum atomic E-state index is -0.0355. The summed E-state index contributed by atoms with van der Waals surface area (Å²) >= 11 is 1.55. The van der Waals surface area contributed by atoms with E-state index in [0.29, 0.717) is 12.4 Å². The van der Waals surface area contributed by atoms with Crippen LogP contribution in [0.2, 0.25) is 0 Å². The molecule has 0 atom stereocenters. The van der Waals surface area contributed by atoms with E-state index in [9.17, 15) is 4.79 Å². The molecule has 0 unspecified atom stereocenters. The van der Waals surface area contributed by atoms with Crippen LogP contribution in [0.5, 0.6) is 0 Å². The Balaban J connectivity index is 1.77. The summed E-state index contributed by atoms with van der Waals surface area (Å²) < 4.78 is 0. The summed E-state index contributed by atoms with van der Waals surface area (Å²) in [5.41, 5.74) is 5.52. The lowest BCUT2D eigenvalue weighted by Crippen LogP contribution is -2.12. The fourth-order valence-electron chi connectivity index (χ4n) is 2.61. The highest BCUT2D eigenvalue weighted by Gasteiger charge is 2.21. The van der Waals surface area contributed by atoms with Gasteiger partial charge in [0.05, 0.1) is 17.8 Å². The highest BCUT2D eigenvalue weighted by Crippen LogP contribution is 2.35. The zero-order valence-electron chi connectivity index (χ0n) is 12.5. The number of aryl methyl sites for hydroxylation is 1. The molecule has 4 rings (SSSR count). The van der Waals surface area contributed by atoms with E-state index in [1.807, 2.05) is 41.9 Å². The number of rotatable bonds is 2. The average Bonchev–Trinajstić information content (AvgIpc) is 2.94. The lowest BCUT2D eigenvalue weighted by atomic mass is 10.1. The Hall–Kier alpha value is -2.73. The van der Waals surface area contributed by atoms with Crippen LogP contribution >= 0.6 is 11.3 Å². The number of nitrogens with zero attached hydrogens (tertiary/aromatic N) is 2. The fraction of sp³-hybridized carbons (Fsp3) is 0.118. The number of carbonyl (C=O) groups is 1. The zero-order valence-corrected chi connectivity index (χ0v) is 13.3. The average molecular weight is 322 g/mol. The van der Waals surface area contributed by atoms with Crippen molar-refractivity contribution in [3.05, 3.63) is 52.3 Å². The van der Waals surface area contributed by atoms with Crippen LogP contribution in [-0.2, 0) is 11.2 Å². The van der Waals surface area contributed by atoms with Gasteiger partial charge in [-0.15, -0.1) is 11.3 Å². The number of carbonyl (C=O) groups excluding carboxylic acids is 1. The second-order valence-corrected chi connectivity index (χ2v) is 6.18. The Bertz CT molecular complexity index is 903. The first-order valence-corrected chi connectivity index (χ1v) is 8.20. The molecule has 3 heterocycles. The normalized spacial score (nSPS) is 12.8. The van der Waals surface area contributed by atoms with Crippen molar-refractivity contribution in [3.63, 3.8) is 0 Å².